The molecule has 0 saturated carbocycles. The minimum atomic E-state index is 0.699. The number of thioether (sulfide) groups is 1. The number of hydrogen-bond donors (Lipinski definition) is 1. The Morgan fingerprint density at radius 1 is 1.60 bits per heavy atom. The average Bonchev–Trinajstić information content (AvgIpc) is 2.79. The topological polar surface area (TPSA) is 25.2 Å². The monoisotopic (exact) mass is 223 g/mol. The molecule has 1 aliphatic rings. The molecule has 0 aromatic carbocycles. The summed E-state index contributed by atoms with van der Waals surface area (Å²) in [6, 6.07) is 4.57. The normalized spacial score (nSPS) is 22.3. The van der Waals surface area contributed by atoms with Gasteiger partial charge in [0.05, 0.1) is 6.26 Å². The largest absolute Gasteiger partial charge is 0.465 e. The summed E-state index contributed by atoms with van der Waals surface area (Å²) in [4.78, 5) is 0. The zero-order valence-electron chi connectivity index (χ0n) is 8.82. The summed E-state index contributed by atoms with van der Waals surface area (Å²) < 4.78 is 5.21. The summed E-state index contributed by atoms with van der Waals surface area (Å²) in [6.07, 6.45) is 8.51. The van der Waals surface area contributed by atoms with Gasteiger partial charge in [-0.05, 0) is 36.8 Å². The van der Waals surface area contributed by atoms with E-state index in [2.05, 4.69) is 23.2 Å². The summed E-state index contributed by atoms with van der Waals surface area (Å²) in [6.45, 7) is 0.936. The fourth-order valence-electron chi connectivity index (χ4n) is 1.70. The Kier molecular flexibility index (Phi) is 4.36. The molecule has 0 radical (unpaired) electrons. The van der Waals surface area contributed by atoms with Gasteiger partial charge in [0.25, 0.3) is 0 Å². The predicted molar refractivity (Wildman–Crippen MR) is 66.1 cm³/mol. The van der Waals surface area contributed by atoms with Gasteiger partial charge in [-0.15, -0.1) is 0 Å². The molecule has 1 aliphatic heterocycles. The molecule has 0 bridgehead atoms. The second kappa shape index (κ2) is 6.03. The van der Waals surface area contributed by atoms with Gasteiger partial charge in [-0.3, -0.25) is 0 Å². The summed E-state index contributed by atoms with van der Waals surface area (Å²) >= 11 is 2.05. The third kappa shape index (κ3) is 3.76. The van der Waals surface area contributed by atoms with E-state index in [1.807, 2.05) is 18.2 Å². The molecule has 2 nitrogen and oxygen atoms in total. The molecular formula is C12H17NOS. The van der Waals surface area contributed by atoms with E-state index in [4.69, 9.17) is 4.42 Å². The van der Waals surface area contributed by atoms with E-state index in [9.17, 15) is 0 Å². The first kappa shape index (κ1) is 10.8. The number of furan rings is 1. The van der Waals surface area contributed by atoms with Crippen LogP contribution in [0.15, 0.2) is 28.9 Å². The van der Waals surface area contributed by atoms with Crippen molar-refractivity contribution >= 4 is 17.8 Å². The SMILES string of the molecule is C(=C\c1ccco1)/CNC1CCCSC1. The van der Waals surface area contributed by atoms with Crippen molar-refractivity contribution in [3.05, 3.63) is 30.2 Å². The van der Waals surface area contributed by atoms with Crippen LogP contribution in [-0.2, 0) is 0 Å². The molecule has 1 fully saturated rings. The Hall–Kier alpha value is -0.670. The van der Waals surface area contributed by atoms with Gasteiger partial charge >= 0.3 is 0 Å². The fourth-order valence-corrected chi connectivity index (χ4v) is 2.80. The molecule has 1 saturated heterocycles. The van der Waals surface area contributed by atoms with Crippen molar-refractivity contribution in [1.82, 2.24) is 5.32 Å². The molecule has 0 aliphatic carbocycles. The maximum atomic E-state index is 5.21. The molecule has 1 aromatic rings. The van der Waals surface area contributed by atoms with E-state index in [1.165, 1.54) is 24.3 Å². The van der Waals surface area contributed by atoms with Crippen LogP contribution in [0.1, 0.15) is 18.6 Å². The van der Waals surface area contributed by atoms with Crippen LogP contribution in [0.2, 0.25) is 0 Å². The number of nitrogens with one attached hydrogen (secondary N) is 1. The van der Waals surface area contributed by atoms with E-state index in [0.717, 1.165) is 12.3 Å². The van der Waals surface area contributed by atoms with Crippen molar-refractivity contribution < 1.29 is 4.42 Å². The van der Waals surface area contributed by atoms with Gasteiger partial charge in [-0.2, -0.15) is 11.8 Å². The van der Waals surface area contributed by atoms with E-state index < -0.39 is 0 Å². The van der Waals surface area contributed by atoms with Crippen LogP contribution >= 0.6 is 11.8 Å². The van der Waals surface area contributed by atoms with Crippen molar-refractivity contribution in [2.75, 3.05) is 18.1 Å². The van der Waals surface area contributed by atoms with Crippen molar-refractivity contribution in [2.24, 2.45) is 0 Å². The lowest BCUT2D eigenvalue weighted by Gasteiger charge is -2.21. The molecule has 2 rings (SSSR count). The fraction of sp³-hybridized carbons (Fsp3) is 0.500. The highest BCUT2D eigenvalue weighted by molar-refractivity contribution is 7.99. The quantitative estimate of drug-likeness (QED) is 0.849. The van der Waals surface area contributed by atoms with Gasteiger partial charge in [0.2, 0.25) is 0 Å². The second-order valence-corrected chi connectivity index (χ2v) is 4.89. The third-order valence-electron chi connectivity index (χ3n) is 2.51. The average molecular weight is 223 g/mol. The van der Waals surface area contributed by atoms with E-state index in [0.29, 0.717) is 6.04 Å². The Bertz CT molecular complexity index is 289. The van der Waals surface area contributed by atoms with Crippen LogP contribution in [0.25, 0.3) is 6.08 Å². The molecule has 0 spiro atoms. The molecule has 1 atom stereocenters. The van der Waals surface area contributed by atoms with Gasteiger partial charge in [-0.1, -0.05) is 6.08 Å². The predicted octanol–water partition coefficient (Wildman–Crippen LogP) is 2.78. The molecule has 1 unspecified atom stereocenters. The summed E-state index contributed by atoms with van der Waals surface area (Å²) in [5.41, 5.74) is 0. The molecule has 0 amide bonds. The molecule has 2 heterocycles. The minimum Gasteiger partial charge on any atom is -0.465 e. The number of hydrogen-bond acceptors (Lipinski definition) is 3. The first-order chi connectivity index (χ1) is 7.45. The van der Waals surface area contributed by atoms with Crippen molar-refractivity contribution in [1.29, 1.82) is 0 Å². The lowest BCUT2D eigenvalue weighted by atomic mass is 10.2. The van der Waals surface area contributed by atoms with E-state index >= 15 is 0 Å². The summed E-state index contributed by atoms with van der Waals surface area (Å²) in [7, 11) is 0. The van der Waals surface area contributed by atoms with Crippen LogP contribution in [0.5, 0.6) is 0 Å². The van der Waals surface area contributed by atoms with Gasteiger partial charge < -0.3 is 9.73 Å². The third-order valence-corrected chi connectivity index (χ3v) is 3.73. The molecule has 82 valence electrons. The maximum absolute atomic E-state index is 5.21. The van der Waals surface area contributed by atoms with Crippen LogP contribution < -0.4 is 5.32 Å². The Labute approximate surface area is 95.1 Å². The highest BCUT2D eigenvalue weighted by atomic mass is 32.2. The van der Waals surface area contributed by atoms with Crippen molar-refractivity contribution in [2.45, 2.75) is 18.9 Å². The van der Waals surface area contributed by atoms with Gasteiger partial charge in [-0.25, -0.2) is 0 Å². The lowest BCUT2D eigenvalue weighted by molar-refractivity contribution is 0.534. The molecule has 15 heavy (non-hydrogen) atoms. The van der Waals surface area contributed by atoms with Crippen LogP contribution in [0, 0.1) is 0 Å². The van der Waals surface area contributed by atoms with Crippen LogP contribution in [0.4, 0.5) is 0 Å². The molecule has 1 aromatic heterocycles. The Morgan fingerprint density at radius 3 is 3.33 bits per heavy atom. The summed E-state index contributed by atoms with van der Waals surface area (Å²) in [5, 5.41) is 3.53. The van der Waals surface area contributed by atoms with Gasteiger partial charge in [0, 0.05) is 18.3 Å². The minimum absolute atomic E-state index is 0.699. The summed E-state index contributed by atoms with van der Waals surface area (Å²) in [5.74, 6) is 3.52. The van der Waals surface area contributed by atoms with Crippen molar-refractivity contribution in [3.8, 4) is 0 Å². The van der Waals surface area contributed by atoms with E-state index in [1.54, 1.807) is 6.26 Å². The first-order valence-corrected chi connectivity index (χ1v) is 6.62. The van der Waals surface area contributed by atoms with Gasteiger partial charge in [0.15, 0.2) is 0 Å². The zero-order chi connectivity index (χ0) is 10.3. The highest BCUT2D eigenvalue weighted by Crippen LogP contribution is 2.16. The van der Waals surface area contributed by atoms with Gasteiger partial charge in [0.1, 0.15) is 5.76 Å². The zero-order valence-corrected chi connectivity index (χ0v) is 9.63. The second-order valence-electron chi connectivity index (χ2n) is 3.74. The standard InChI is InChI=1S/C12H17NOS/c1(5-12-6-2-8-14-12)7-13-11-4-3-9-15-10-11/h1-2,5-6,8,11,13H,3-4,7,9-10H2/b5-1+. The maximum Gasteiger partial charge on any atom is 0.126 e. The molecular weight excluding hydrogens is 206 g/mol. The molecule has 1 N–H and O–H groups in total. The lowest BCUT2D eigenvalue weighted by Crippen LogP contribution is -2.33. The molecule has 3 heteroatoms. The van der Waals surface area contributed by atoms with Crippen LogP contribution in [-0.4, -0.2) is 24.1 Å². The Morgan fingerprint density at radius 2 is 2.60 bits per heavy atom. The first-order valence-electron chi connectivity index (χ1n) is 5.46. The van der Waals surface area contributed by atoms with E-state index in [-0.39, 0.29) is 0 Å². The smallest absolute Gasteiger partial charge is 0.126 e. The number of rotatable bonds is 4. The van der Waals surface area contributed by atoms with Crippen LogP contribution in [0.3, 0.4) is 0 Å². The van der Waals surface area contributed by atoms with Crippen molar-refractivity contribution in [3.63, 3.8) is 0 Å². The Balaban J connectivity index is 1.65. The highest BCUT2D eigenvalue weighted by Gasteiger charge is 2.11.